The van der Waals surface area contributed by atoms with Gasteiger partial charge in [-0.1, -0.05) is 24.3 Å². The highest BCUT2D eigenvalue weighted by molar-refractivity contribution is 5.97. The number of carbonyl (C=O) groups is 1. The third-order valence-electron chi connectivity index (χ3n) is 3.55. The van der Waals surface area contributed by atoms with Gasteiger partial charge in [-0.2, -0.15) is 5.10 Å². The Morgan fingerprint density at radius 3 is 3.15 bits per heavy atom. The molecule has 1 aromatic heterocycles. The van der Waals surface area contributed by atoms with Crippen LogP contribution in [0, 0.1) is 0 Å². The summed E-state index contributed by atoms with van der Waals surface area (Å²) in [4.78, 5) is 16.2. The van der Waals surface area contributed by atoms with E-state index in [1.807, 2.05) is 30.3 Å². The molecule has 3 N–H and O–H groups in total. The number of hydrogen-bond acceptors (Lipinski definition) is 3. The SMILES string of the molecule is O=C(N/N=C\c1cccc2cccnc12)[C@@H]1CCC[NH2+]1. The van der Waals surface area contributed by atoms with Crippen molar-refractivity contribution in [3.63, 3.8) is 0 Å². The Kier molecular flexibility index (Phi) is 3.69. The summed E-state index contributed by atoms with van der Waals surface area (Å²) in [5.41, 5.74) is 4.40. The van der Waals surface area contributed by atoms with Gasteiger partial charge in [0.15, 0.2) is 6.04 Å². The summed E-state index contributed by atoms with van der Waals surface area (Å²) < 4.78 is 0. The lowest BCUT2D eigenvalue weighted by Gasteiger charge is -2.04. The number of fused-ring (bicyclic) bond motifs is 1. The average Bonchev–Trinajstić information content (AvgIpc) is 3.02. The molecule has 1 saturated heterocycles. The van der Waals surface area contributed by atoms with Crippen molar-refractivity contribution < 1.29 is 10.1 Å². The molecule has 3 rings (SSSR count). The van der Waals surface area contributed by atoms with E-state index in [2.05, 4.69) is 20.8 Å². The van der Waals surface area contributed by atoms with Gasteiger partial charge in [0.2, 0.25) is 0 Å². The van der Waals surface area contributed by atoms with Crippen LogP contribution in [0.15, 0.2) is 41.6 Å². The highest BCUT2D eigenvalue weighted by atomic mass is 16.2. The van der Waals surface area contributed by atoms with Gasteiger partial charge in [-0.3, -0.25) is 9.78 Å². The highest BCUT2D eigenvalue weighted by Crippen LogP contribution is 2.13. The summed E-state index contributed by atoms with van der Waals surface area (Å²) in [5.74, 6) is -0.0213. The van der Waals surface area contributed by atoms with E-state index in [4.69, 9.17) is 0 Å². The standard InChI is InChI=1S/C15H16N4O/c20-15(13-7-3-8-16-13)19-18-10-12-5-1-4-11-6-2-9-17-14(11)12/h1-2,4-6,9-10,13,16H,3,7-8H2,(H,19,20)/p+1/b18-10-/t13-/m0/s1. The molecule has 1 fully saturated rings. The van der Waals surface area contributed by atoms with Crippen LogP contribution in [0.25, 0.3) is 10.9 Å². The maximum Gasteiger partial charge on any atom is 0.298 e. The Bertz CT molecular complexity index is 642. The van der Waals surface area contributed by atoms with Crippen molar-refractivity contribution in [3.8, 4) is 0 Å². The number of hydrazone groups is 1. The molecule has 1 aromatic carbocycles. The number of nitrogens with one attached hydrogen (secondary N) is 1. The third kappa shape index (κ3) is 2.67. The van der Waals surface area contributed by atoms with E-state index in [-0.39, 0.29) is 11.9 Å². The van der Waals surface area contributed by atoms with Gasteiger partial charge in [0.25, 0.3) is 5.91 Å². The predicted octanol–water partition coefficient (Wildman–Crippen LogP) is 0.411. The molecule has 0 spiro atoms. The third-order valence-corrected chi connectivity index (χ3v) is 3.55. The molecule has 5 heteroatoms. The van der Waals surface area contributed by atoms with Crippen LogP contribution in [0.4, 0.5) is 0 Å². The number of rotatable bonds is 3. The molecule has 102 valence electrons. The Morgan fingerprint density at radius 1 is 1.40 bits per heavy atom. The molecule has 2 aromatic rings. The van der Waals surface area contributed by atoms with Crippen molar-refractivity contribution in [2.24, 2.45) is 5.10 Å². The van der Waals surface area contributed by atoms with E-state index in [9.17, 15) is 4.79 Å². The second kappa shape index (κ2) is 5.79. The number of quaternary nitrogens is 1. The summed E-state index contributed by atoms with van der Waals surface area (Å²) in [6.45, 7) is 1.02. The number of hydrogen-bond donors (Lipinski definition) is 2. The number of aromatic nitrogens is 1. The largest absolute Gasteiger partial charge is 0.336 e. The number of amides is 1. The molecular formula is C15H17N4O+. The quantitative estimate of drug-likeness (QED) is 0.626. The first-order valence-electron chi connectivity index (χ1n) is 6.84. The van der Waals surface area contributed by atoms with Crippen LogP contribution in [-0.2, 0) is 4.79 Å². The zero-order valence-corrected chi connectivity index (χ0v) is 11.1. The van der Waals surface area contributed by atoms with E-state index in [0.717, 1.165) is 35.9 Å². The van der Waals surface area contributed by atoms with Gasteiger partial charge in [-0.15, -0.1) is 0 Å². The molecule has 1 atom stereocenters. The zero-order valence-electron chi connectivity index (χ0n) is 11.1. The van der Waals surface area contributed by atoms with Crippen molar-refractivity contribution in [1.29, 1.82) is 0 Å². The Labute approximate surface area is 117 Å². The molecule has 0 bridgehead atoms. The Hall–Kier alpha value is -2.27. The number of benzene rings is 1. The Morgan fingerprint density at radius 2 is 2.30 bits per heavy atom. The summed E-state index contributed by atoms with van der Waals surface area (Å²) >= 11 is 0. The number of nitrogens with zero attached hydrogens (tertiary/aromatic N) is 2. The molecule has 5 nitrogen and oxygen atoms in total. The van der Waals surface area contributed by atoms with Gasteiger partial charge in [-0.05, 0) is 6.07 Å². The van der Waals surface area contributed by atoms with Crippen molar-refractivity contribution in [2.75, 3.05) is 6.54 Å². The second-order valence-corrected chi connectivity index (χ2v) is 4.93. The molecule has 1 aliphatic heterocycles. The van der Waals surface area contributed by atoms with Crippen LogP contribution in [0.1, 0.15) is 18.4 Å². The van der Waals surface area contributed by atoms with E-state index in [1.165, 1.54) is 0 Å². The van der Waals surface area contributed by atoms with E-state index in [0.29, 0.717) is 0 Å². The van der Waals surface area contributed by atoms with Crippen molar-refractivity contribution in [2.45, 2.75) is 18.9 Å². The number of carbonyl (C=O) groups excluding carboxylic acids is 1. The first-order valence-corrected chi connectivity index (χ1v) is 6.84. The van der Waals surface area contributed by atoms with Crippen LogP contribution in [0.5, 0.6) is 0 Å². The normalized spacial score (nSPS) is 18.7. The van der Waals surface area contributed by atoms with E-state index < -0.39 is 0 Å². The lowest BCUT2D eigenvalue weighted by Crippen LogP contribution is -2.89. The van der Waals surface area contributed by atoms with Crippen LogP contribution in [-0.4, -0.2) is 29.7 Å². The maximum atomic E-state index is 11.8. The number of nitrogens with two attached hydrogens (primary N) is 1. The van der Waals surface area contributed by atoms with Gasteiger partial charge < -0.3 is 5.32 Å². The maximum absolute atomic E-state index is 11.8. The highest BCUT2D eigenvalue weighted by Gasteiger charge is 2.25. The van der Waals surface area contributed by atoms with Crippen molar-refractivity contribution in [3.05, 3.63) is 42.1 Å². The second-order valence-electron chi connectivity index (χ2n) is 4.93. The van der Waals surface area contributed by atoms with Crippen LogP contribution < -0.4 is 10.7 Å². The first-order chi connectivity index (χ1) is 9.84. The summed E-state index contributed by atoms with van der Waals surface area (Å²) in [7, 11) is 0. The van der Waals surface area contributed by atoms with Gasteiger partial charge >= 0.3 is 0 Å². The minimum atomic E-state index is -0.0213. The predicted molar refractivity (Wildman–Crippen MR) is 77.3 cm³/mol. The summed E-state index contributed by atoms with van der Waals surface area (Å²) in [6, 6.07) is 9.82. The van der Waals surface area contributed by atoms with Crippen molar-refractivity contribution in [1.82, 2.24) is 10.4 Å². The molecule has 1 aliphatic rings. The Balaban J connectivity index is 1.72. The topological polar surface area (TPSA) is 71.0 Å². The summed E-state index contributed by atoms with van der Waals surface area (Å²) in [5, 5.41) is 7.17. The molecule has 0 radical (unpaired) electrons. The van der Waals surface area contributed by atoms with Crippen LogP contribution in [0.3, 0.4) is 0 Å². The lowest BCUT2D eigenvalue weighted by atomic mass is 10.1. The van der Waals surface area contributed by atoms with Gasteiger partial charge in [0.1, 0.15) is 0 Å². The fourth-order valence-electron chi connectivity index (χ4n) is 2.49. The van der Waals surface area contributed by atoms with E-state index >= 15 is 0 Å². The summed E-state index contributed by atoms with van der Waals surface area (Å²) in [6.07, 6.45) is 5.43. The first kappa shape index (κ1) is 12.7. The minimum Gasteiger partial charge on any atom is -0.336 e. The molecule has 1 amide bonds. The molecule has 0 saturated carbocycles. The fraction of sp³-hybridized carbons (Fsp3) is 0.267. The smallest absolute Gasteiger partial charge is 0.298 e. The fourth-order valence-corrected chi connectivity index (χ4v) is 2.49. The monoisotopic (exact) mass is 269 g/mol. The molecule has 20 heavy (non-hydrogen) atoms. The zero-order chi connectivity index (χ0) is 13.8. The molecule has 0 unspecified atom stereocenters. The lowest BCUT2D eigenvalue weighted by molar-refractivity contribution is -0.657. The van der Waals surface area contributed by atoms with Gasteiger partial charge in [-0.25, -0.2) is 5.43 Å². The molecule has 2 heterocycles. The number of para-hydroxylation sites is 1. The van der Waals surface area contributed by atoms with Crippen LogP contribution >= 0.6 is 0 Å². The molecular weight excluding hydrogens is 252 g/mol. The van der Waals surface area contributed by atoms with E-state index in [1.54, 1.807) is 12.4 Å². The molecule has 0 aliphatic carbocycles. The van der Waals surface area contributed by atoms with Crippen LogP contribution in [0.2, 0.25) is 0 Å². The van der Waals surface area contributed by atoms with Gasteiger partial charge in [0, 0.05) is 30.0 Å². The van der Waals surface area contributed by atoms with Gasteiger partial charge in [0.05, 0.1) is 18.3 Å². The number of pyridine rings is 1. The van der Waals surface area contributed by atoms with Crippen molar-refractivity contribution >= 4 is 23.0 Å². The average molecular weight is 269 g/mol. The minimum absolute atomic E-state index is 0.0118.